The molecule has 1 N–H and O–H groups in total. The van der Waals surface area contributed by atoms with Crippen molar-refractivity contribution in [3.8, 4) is 0 Å². The minimum Gasteiger partial charge on any atom is -0.381 e. The van der Waals surface area contributed by atoms with Gasteiger partial charge in [-0.1, -0.05) is 13.3 Å². The average Bonchev–Trinajstić information content (AvgIpc) is 2.62. The second-order valence-corrected chi connectivity index (χ2v) is 4.33. The molecule has 2 rings (SSSR count). The first-order valence-electron chi connectivity index (χ1n) is 5.95. The molecule has 0 aliphatic carbocycles. The topological polar surface area (TPSA) is 41.6 Å². The maximum absolute atomic E-state index is 11.8. The number of ether oxygens (including phenoxy) is 1. The van der Waals surface area contributed by atoms with E-state index in [-0.39, 0.29) is 12.1 Å². The zero-order valence-corrected chi connectivity index (χ0v) is 9.37. The lowest BCUT2D eigenvalue weighted by atomic mass is 10.1. The number of nitrogens with zero attached hydrogens (tertiary/aromatic N) is 1. The van der Waals surface area contributed by atoms with Crippen molar-refractivity contribution >= 4 is 5.91 Å². The van der Waals surface area contributed by atoms with E-state index < -0.39 is 0 Å². The first kappa shape index (κ1) is 10.9. The fourth-order valence-corrected chi connectivity index (χ4v) is 2.50. The molecule has 1 unspecified atom stereocenters. The van der Waals surface area contributed by atoms with Gasteiger partial charge in [0, 0.05) is 19.3 Å². The number of rotatable bonds is 3. The van der Waals surface area contributed by atoms with Gasteiger partial charge in [0.1, 0.15) is 0 Å². The van der Waals surface area contributed by atoms with E-state index >= 15 is 0 Å². The van der Waals surface area contributed by atoms with Crippen LogP contribution in [0.4, 0.5) is 0 Å². The standard InChI is InChI=1S/C11H20N2O2/c1-2-3-10-12-8-11(14)13(10)9-4-6-15-7-5-9/h9-10,12H,2-8H2,1H3. The fraction of sp³-hybridized carbons (Fsp3) is 0.909. The second-order valence-electron chi connectivity index (χ2n) is 4.33. The SMILES string of the molecule is CCCC1NCC(=O)N1C1CCOCC1. The number of carbonyl (C=O) groups is 1. The highest BCUT2D eigenvalue weighted by atomic mass is 16.5. The summed E-state index contributed by atoms with van der Waals surface area (Å²) in [5.74, 6) is 0.264. The summed E-state index contributed by atoms with van der Waals surface area (Å²) in [4.78, 5) is 13.8. The van der Waals surface area contributed by atoms with Crippen molar-refractivity contribution in [1.82, 2.24) is 10.2 Å². The zero-order valence-electron chi connectivity index (χ0n) is 9.37. The van der Waals surface area contributed by atoms with Gasteiger partial charge < -0.3 is 9.64 Å². The van der Waals surface area contributed by atoms with Gasteiger partial charge in [0.05, 0.1) is 12.7 Å². The van der Waals surface area contributed by atoms with Gasteiger partial charge in [-0.2, -0.15) is 0 Å². The van der Waals surface area contributed by atoms with Crippen LogP contribution >= 0.6 is 0 Å². The van der Waals surface area contributed by atoms with E-state index in [4.69, 9.17) is 4.74 Å². The summed E-state index contributed by atoms with van der Waals surface area (Å²) in [5, 5.41) is 3.29. The number of nitrogens with one attached hydrogen (secondary N) is 1. The Labute approximate surface area is 91.0 Å². The van der Waals surface area contributed by atoms with Crippen LogP contribution < -0.4 is 5.32 Å². The van der Waals surface area contributed by atoms with Crippen molar-refractivity contribution in [1.29, 1.82) is 0 Å². The highest BCUT2D eigenvalue weighted by Gasteiger charge is 2.35. The monoisotopic (exact) mass is 212 g/mol. The first-order valence-corrected chi connectivity index (χ1v) is 5.95. The molecule has 0 aromatic rings. The van der Waals surface area contributed by atoms with Crippen LogP contribution in [-0.4, -0.2) is 42.8 Å². The maximum atomic E-state index is 11.8. The molecular formula is C11H20N2O2. The van der Waals surface area contributed by atoms with E-state index in [1.54, 1.807) is 0 Å². The fourth-order valence-electron chi connectivity index (χ4n) is 2.50. The second kappa shape index (κ2) is 4.94. The van der Waals surface area contributed by atoms with Gasteiger partial charge in [-0.3, -0.25) is 10.1 Å². The van der Waals surface area contributed by atoms with Crippen LogP contribution in [0.5, 0.6) is 0 Å². The third kappa shape index (κ3) is 2.32. The molecular weight excluding hydrogens is 192 g/mol. The molecule has 86 valence electrons. The highest BCUT2D eigenvalue weighted by Crippen LogP contribution is 2.21. The molecule has 1 atom stereocenters. The van der Waals surface area contributed by atoms with E-state index in [0.717, 1.165) is 38.9 Å². The van der Waals surface area contributed by atoms with Crippen molar-refractivity contribution < 1.29 is 9.53 Å². The van der Waals surface area contributed by atoms with Crippen molar-refractivity contribution in [3.05, 3.63) is 0 Å². The first-order chi connectivity index (χ1) is 7.33. The third-order valence-electron chi connectivity index (χ3n) is 3.26. The number of carbonyl (C=O) groups excluding carboxylic acids is 1. The van der Waals surface area contributed by atoms with Crippen molar-refractivity contribution in [2.45, 2.75) is 44.8 Å². The highest BCUT2D eigenvalue weighted by molar-refractivity contribution is 5.81. The van der Waals surface area contributed by atoms with Crippen molar-refractivity contribution in [2.24, 2.45) is 0 Å². The molecule has 2 aliphatic heterocycles. The Hall–Kier alpha value is -0.610. The van der Waals surface area contributed by atoms with Gasteiger partial charge in [0.2, 0.25) is 5.91 Å². The van der Waals surface area contributed by atoms with E-state index in [1.165, 1.54) is 0 Å². The van der Waals surface area contributed by atoms with Crippen molar-refractivity contribution in [2.75, 3.05) is 19.8 Å². The largest absolute Gasteiger partial charge is 0.381 e. The summed E-state index contributed by atoms with van der Waals surface area (Å²) in [6, 6.07) is 0.401. The Balaban J connectivity index is 1.99. The quantitative estimate of drug-likeness (QED) is 0.749. The lowest BCUT2D eigenvalue weighted by Gasteiger charge is -2.35. The summed E-state index contributed by atoms with van der Waals surface area (Å²) in [6.07, 6.45) is 4.43. The number of hydrogen-bond donors (Lipinski definition) is 1. The van der Waals surface area contributed by atoms with Crippen LogP contribution in [0.1, 0.15) is 32.6 Å². The van der Waals surface area contributed by atoms with E-state index in [2.05, 4.69) is 17.1 Å². The Morgan fingerprint density at radius 2 is 2.20 bits per heavy atom. The molecule has 2 heterocycles. The zero-order chi connectivity index (χ0) is 10.7. The Morgan fingerprint density at radius 1 is 1.47 bits per heavy atom. The van der Waals surface area contributed by atoms with Crippen LogP contribution in [0, 0.1) is 0 Å². The Morgan fingerprint density at radius 3 is 2.87 bits per heavy atom. The number of amides is 1. The smallest absolute Gasteiger partial charge is 0.238 e. The molecule has 4 nitrogen and oxygen atoms in total. The van der Waals surface area contributed by atoms with Gasteiger partial charge in [-0.15, -0.1) is 0 Å². The predicted octanol–water partition coefficient (Wildman–Crippen LogP) is 0.723. The molecule has 2 saturated heterocycles. The van der Waals surface area contributed by atoms with Crippen LogP contribution in [0.2, 0.25) is 0 Å². The van der Waals surface area contributed by atoms with E-state index in [9.17, 15) is 4.79 Å². The molecule has 0 saturated carbocycles. The molecule has 0 spiro atoms. The van der Waals surface area contributed by atoms with E-state index in [0.29, 0.717) is 12.6 Å². The van der Waals surface area contributed by atoms with E-state index in [1.807, 2.05) is 0 Å². The molecule has 0 bridgehead atoms. The molecule has 2 aliphatic rings. The molecule has 4 heteroatoms. The van der Waals surface area contributed by atoms with Crippen LogP contribution in [0.3, 0.4) is 0 Å². The van der Waals surface area contributed by atoms with Gasteiger partial charge in [-0.05, 0) is 19.3 Å². The average molecular weight is 212 g/mol. The molecule has 0 radical (unpaired) electrons. The summed E-state index contributed by atoms with van der Waals surface area (Å²) >= 11 is 0. The van der Waals surface area contributed by atoms with Gasteiger partial charge >= 0.3 is 0 Å². The number of hydrogen-bond acceptors (Lipinski definition) is 3. The molecule has 2 fully saturated rings. The minimum atomic E-state index is 0.264. The van der Waals surface area contributed by atoms with Gasteiger partial charge in [-0.25, -0.2) is 0 Å². The predicted molar refractivity (Wildman–Crippen MR) is 57.4 cm³/mol. The third-order valence-corrected chi connectivity index (χ3v) is 3.26. The molecule has 0 aromatic carbocycles. The molecule has 0 aromatic heterocycles. The Kier molecular flexibility index (Phi) is 3.59. The molecule has 15 heavy (non-hydrogen) atoms. The maximum Gasteiger partial charge on any atom is 0.238 e. The summed E-state index contributed by atoms with van der Waals surface area (Å²) < 4.78 is 5.33. The normalized spacial score (nSPS) is 28.7. The van der Waals surface area contributed by atoms with Crippen LogP contribution in [0.25, 0.3) is 0 Å². The molecule has 1 amide bonds. The minimum absolute atomic E-state index is 0.264. The van der Waals surface area contributed by atoms with Crippen LogP contribution in [-0.2, 0) is 9.53 Å². The Bertz CT molecular complexity index is 227. The summed E-state index contributed by atoms with van der Waals surface area (Å²) in [6.45, 7) is 4.27. The summed E-state index contributed by atoms with van der Waals surface area (Å²) in [7, 11) is 0. The van der Waals surface area contributed by atoms with Gasteiger partial charge in [0.25, 0.3) is 0 Å². The lowest BCUT2D eigenvalue weighted by Crippen LogP contribution is -2.46. The van der Waals surface area contributed by atoms with Crippen molar-refractivity contribution in [3.63, 3.8) is 0 Å². The lowest BCUT2D eigenvalue weighted by molar-refractivity contribution is -0.132. The van der Waals surface area contributed by atoms with Crippen LogP contribution in [0.15, 0.2) is 0 Å². The van der Waals surface area contributed by atoms with Gasteiger partial charge in [0.15, 0.2) is 0 Å². The summed E-state index contributed by atoms with van der Waals surface area (Å²) in [5.41, 5.74) is 0.